The molecular weight excluding hydrogens is 1260 g/mol. The first-order valence-corrected chi connectivity index (χ1v) is 42.8. The van der Waals surface area contributed by atoms with Gasteiger partial charge >= 0.3 is 39.5 Å². The summed E-state index contributed by atoms with van der Waals surface area (Å²) in [5.74, 6) is 0.196. The molecule has 17 nitrogen and oxygen atoms in total. The summed E-state index contributed by atoms with van der Waals surface area (Å²) in [4.78, 5) is 72.9. The molecule has 0 aliphatic carbocycles. The number of aliphatic hydroxyl groups excluding tert-OH is 1. The van der Waals surface area contributed by atoms with Crippen LogP contribution in [-0.4, -0.2) is 96.7 Å². The van der Waals surface area contributed by atoms with Crippen molar-refractivity contribution < 1.29 is 80.2 Å². The normalized spacial score (nSPS) is 14.1. The van der Waals surface area contributed by atoms with Crippen LogP contribution < -0.4 is 0 Å². The minimum atomic E-state index is -4.96. The number of phosphoric ester groups is 2. The van der Waals surface area contributed by atoms with E-state index in [-0.39, 0.29) is 25.7 Å². The van der Waals surface area contributed by atoms with Gasteiger partial charge in [-0.1, -0.05) is 344 Å². The summed E-state index contributed by atoms with van der Waals surface area (Å²) in [6.07, 6.45) is 54.0. The average molecular weight is 1410 g/mol. The summed E-state index contributed by atoms with van der Waals surface area (Å²) >= 11 is 0. The standard InChI is InChI=1S/C77H150O17P2/c1-8-9-10-11-12-13-14-17-23-31-39-46-53-60-76(81)94-73(65-88-75(80)59-52-45-38-33-26-29-36-43-50-57-70(6)7)67-92-96(85,86)90-63-71(78)62-89-95(83,84)91-66-72(64-87-74(79)58-51-44-37-30-25-20-22-28-35-42-49-56-69(4)5)93-77(82)61-54-47-40-32-24-19-16-15-18-21-27-34-41-48-55-68(2)3/h68-73,78H,8-67H2,1-7H3,(H,83,84)(H,85,86)/t71-,72-,73-/m1/s1. The van der Waals surface area contributed by atoms with Gasteiger partial charge in [0.05, 0.1) is 26.4 Å². The van der Waals surface area contributed by atoms with Crippen molar-refractivity contribution in [2.24, 2.45) is 17.8 Å². The molecule has 0 aliphatic rings. The van der Waals surface area contributed by atoms with Gasteiger partial charge in [0.1, 0.15) is 19.3 Å². The van der Waals surface area contributed by atoms with Crippen LogP contribution in [-0.2, 0) is 65.4 Å². The highest BCUT2D eigenvalue weighted by atomic mass is 31.2. The van der Waals surface area contributed by atoms with E-state index in [1.807, 2.05) is 0 Å². The smallest absolute Gasteiger partial charge is 0.462 e. The third kappa shape index (κ3) is 70.5. The van der Waals surface area contributed by atoms with Crippen LogP contribution in [0.5, 0.6) is 0 Å². The van der Waals surface area contributed by atoms with E-state index in [4.69, 9.17) is 37.0 Å². The molecule has 0 radical (unpaired) electrons. The Morgan fingerprint density at radius 1 is 0.281 bits per heavy atom. The number of carbonyl (C=O) groups excluding carboxylic acids is 4. The molecule has 19 heteroatoms. The molecule has 0 spiro atoms. The zero-order valence-corrected chi connectivity index (χ0v) is 64.6. The van der Waals surface area contributed by atoms with Gasteiger partial charge in [-0.2, -0.15) is 0 Å². The van der Waals surface area contributed by atoms with Crippen LogP contribution in [0.15, 0.2) is 0 Å². The molecule has 0 aromatic heterocycles. The topological polar surface area (TPSA) is 237 Å². The number of hydrogen-bond acceptors (Lipinski definition) is 15. The number of hydrogen-bond donors (Lipinski definition) is 3. The van der Waals surface area contributed by atoms with E-state index >= 15 is 0 Å². The van der Waals surface area contributed by atoms with E-state index in [0.29, 0.717) is 25.7 Å². The molecule has 5 atom stereocenters. The molecule has 0 saturated carbocycles. The van der Waals surface area contributed by atoms with E-state index in [1.54, 1.807) is 0 Å². The Morgan fingerprint density at radius 3 is 0.708 bits per heavy atom. The van der Waals surface area contributed by atoms with Crippen molar-refractivity contribution in [1.29, 1.82) is 0 Å². The molecule has 0 heterocycles. The van der Waals surface area contributed by atoms with Crippen molar-refractivity contribution in [1.82, 2.24) is 0 Å². The van der Waals surface area contributed by atoms with E-state index in [0.717, 1.165) is 108 Å². The van der Waals surface area contributed by atoms with Crippen molar-refractivity contribution in [3.8, 4) is 0 Å². The fourth-order valence-electron chi connectivity index (χ4n) is 11.8. The number of phosphoric acid groups is 2. The van der Waals surface area contributed by atoms with Crippen molar-refractivity contribution in [2.45, 2.75) is 414 Å². The van der Waals surface area contributed by atoms with Crippen LogP contribution in [0, 0.1) is 17.8 Å². The molecule has 0 aliphatic heterocycles. The second-order valence-corrected chi connectivity index (χ2v) is 32.1. The summed E-state index contributed by atoms with van der Waals surface area (Å²) in [6, 6.07) is 0. The lowest BCUT2D eigenvalue weighted by atomic mass is 10.0. The van der Waals surface area contributed by atoms with E-state index in [2.05, 4.69) is 48.5 Å². The van der Waals surface area contributed by atoms with E-state index < -0.39 is 97.5 Å². The molecule has 0 aromatic rings. The molecule has 3 N–H and O–H groups in total. The molecule has 0 amide bonds. The molecule has 0 fully saturated rings. The number of esters is 4. The first-order valence-electron chi connectivity index (χ1n) is 39.8. The van der Waals surface area contributed by atoms with Crippen LogP contribution >= 0.6 is 15.6 Å². The maximum atomic E-state index is 13.1. The number of unbranched alkanes of at least 4 members (excludes halogenated alkanes) is 43. The Hall–Kier alpha value is -1.94. The second-order valence-electron chi connectivity index (χ2n) is 29.2. The Morgan fingerprint density at radius 2 is 0.479 bits per heavy atom. The first kappa shape index (κ1) is 94.1. The van der Waals surface area contributed by atoms with Gasteiger partial charge in [0, 0.05) is 25.7 Å². The second kappa shape index (κ2) is 67.5. The highest BCUT2D eigenvalue weighted by Gasteiger charge is 2.30. The SMILES string of the molecule is CCCCCCCCCCCCCCCC(=O)O[C@H](COC(=O)CCCCCCCCCCCC(C)C)COP(=O)(O)OC[C@H](O)COP(=O)(O)OC[C@@H](COC(=O)CCCCCCCCCCCCCC(C)C)OC(=O)CCCCCCCCCCCCCCCCC(C)C. The third-order valence-corrected chi connectivity index (χ3v) is 19.8. The van der Waals surface area contributed by atoms with Gasteiger partial charge in [-0.25, -0.2) is 9.13 Å². The van der Waals surface area contributed by atoms with Crippen molar-refractivity contribution in [3.63, 3.8) is 0 Å². The molecule has 0 aromatic carbocycles. The molecule has 570 valence electrons. The summed E-state index contributed by atoms with van der Waals surface area (Å²) in [5, 5.41) is 10.6. The highest BCUT2D eigenvalue weighted by Crippen LogP contribution is 2.45. The zero-order valence-electron chi connectivity index (χ0n) is 62.8. The predicted octanol–water partition coefficient (Wildman–Crippen LogP) is 22.6. The van der Waals surface area contributed by atoms with Crippen LogP contribution in [0.25, 0.3) is 0 Å². The summed E-state index contributed by atoms with van der Waals surface area (Å²) in [5.41, 5.74) is 0. The van der Waals surface area contributed by atoms with Gasteiger partial charge in [-0.15, -0.1) is 0 Å². The Bertz CT molecular complexity index is 1870. The summed E-state index contributed by atoms with van der Waals surface area (Å²) < 4.78 is 68.6. The minimum absolute atomic E-state index is 0.107. The molecule has 0 rings (SSSR count). The van der Waals surface area contributed by atoms with Crippen LogP contribution in [0.3, 0.4) is 0 Å². The quantitative estimate of drug-likeness (QED) is 0.0222. The number of carbonyl (C=O) groups is 4. The van der Waals surface area contributed by atoms with Crippen LogP contribution in [0.1, 0.15) is 395 Å². The van der Waals surface area contributed by atoms with Crippen molar-refractivity contribution in [2.75, 3.05) is 39.6 Å². The number of aliphatic hydroxyl groups is 1. The number of rotatable bonds is 75. The van der Waals surface area contributed by atoms with Gasteiger partial charge in [-0.3, -0.25) is 37.3 Å². The highest BCUT2D eigenvalue weighted by molar-refractivity contribution is 7.47. The maximum absolute atomic E-state index is 13.1. The molecule has 96 heavy (non-hydrogen) atoms. The predicted molar refractivity (Wildman–Crippen MR) is 391 cm³/mol. The van der Waals surface area contributed by atoms with Crippen molar-refractivity contribution >= 4 is 39.5 Å². The van der Waals surface area contributed by atoms with Gasteiger partial charge in [0.25, 0.3) is 0 Å². The molecule has 0 bridgehead atoms. The van der Waals surface area contributed by atoms with Crippen LogP contribution in [0.2, 0.25) is 0 Å². The molecular formula is C77H150O17P2. The van der Waals surface area contributed by atoms with Gasteiger partial charge < -0.3 is 33.8 Å². The fourth-order valence-corrected chi connectivity index (χ4v) is 13.4. The van der Waals surface area contributed by atoms with E-state index in [1.165, 1.54) is 205 Å². The van der Waals surface area contributed by atoms with Gasteiger partial charge in [0.2, 0.25) is 0 Å². The Balaban J connectivity index is 5.26. The first-order chi connectivity index (χ1) is 46.2. The lowest BCUT2D eigenvalue weighted by Gasteiger charge is -2.21. The van der Waals surface area contributed by atoms with E-state index in [9.17, 15) is 43.2 Å². The fraction of sp³-hybridized carbons (Fsp3) is 0.948. The molecule has 2 unspecified atom stereocenters. The zero-order chi connectivity index (χ0) is 70.9. The lowest BCUT2D eigenvalue weighted by molar-refractivity contribution is -0.161. The monoisotopic (exact) mass is 1410 g/mol. The minimum Gasteiger partial charge on any atom is -0.462 e. The Labute approximate surface area is 588 Å². The molecule has 0 saturated heterocycles. The lowest BCUT2D eigenvalue weighted by Crippen LogP contribution is -2.30. The number of ether oxygens (including phenoxy) is 4. The van der Waals surface area contributed by atoms with Gasteiger partial charge in [-0.05, 0) is 43.4 Å². The summed E-state index contributed by atoms with van der Waals surface area (Å²) in [7, 11) is -9.91. The summed E-state index contributed by atoms with van der Waals surface area (Å²) in [6.45, 7) is 11.9. The third-order valence-electron chi connectivity index (χ3n) is 17.9. The largest absolute Gasteiger partial charge is 0.472 e. The maximum Gasteiger partial charge on any atom is 0.472 e. The van der Waals surface area contributed by atoms with Crippen molar-refractivity contribution in [3.05, 3.63) is 0 Å². The Kier molecular flexibility index (Phi) is 66.2. The average Bonchev–Trinajstić information content (AvgIpc) is 1.23. The van der Waals surface area contributed by atoms with Crippen LogP contribution in [0.4, 0.5) is 0 Å². The van der Waals surface area contributed by atoms with Gasteiger partial charge in [0.15, 0.2) is 12.2 Å².